The van der Waals surface area contributed by atoms with Crippen molar-refractivity contribution in [3.8, 4) is 5.75 Å². The van der Waals surface area contributed by atoms with Crippen LogP contribution in [0, 0.1) is 0 Å². The molecule has 0 aromatic heterocycles. The van der Waals surface area contributed by atoms with Crippen LogP contribution in [0.4, 0.5) is 5.69 Å². The second kappa shape index (κ2) is 7.54. The van der Waals surface area contributed by atoms with Crippen molar-refractivity contribution in [2.75, 3.05) is 5.73 Å². The molecule has 0 aliphatic carbocycles. The van der Waals surface area contributed by atoms with E-state index in [-0.39, 0.29) is 5.75 Å². The van der Waals surface area contributed by atoms with E-state index in [1.807, 2.05) is 0 Å². The summed E-state index contributed by atoms with van der Waals surface area (Å²) in [5, 5.41) is 8.79. The van der Waals surface area contributed by atoms with Crippen molar-refractivity contribution in [3.05, 3.63) is 24.3 Å². The molecule has 1 saturated heterocycles. The average Bonchev–Trinajstić information content (AvgIpc) is 2.25. The number of rotatable bonds is 0. The van der Waals surface area contributed by atoms with Crippen LogP contribution < -0.4 is 20.3 Å². The minimum Gasteiger partial charge on any atom is -0.506 e. The van der Waals surface area contributed by atoms with Gasteiger partial charge in [0.05, 0.1) is 5.69 Å². The Balaban J connectivity index is 0.000000151. The maximum atomic E-state index is 8.79. The van der Waals surface area contributed by atoms with Crippen molar-refractivity contribution in [3.63, 3.8) is 0 Å². The average molecular weight is 285 g/mol. The molecule has 5 nitrogen and oxygen atoms in total. The zero-order valence-electron chi connectivity index (χ0n) is 7.66. The van der Waals surface area contributed by atoms with Gasteiger partial charge in [0.1, 0.15) is 13.3 Å². The number of nitrogens with two attached hydrogens (primary N) is 1. The minimum atomic E-state index is -0.557. The maximum Gasteiger partial charge on any atom is 0.143 e. The molecule has 1 aromatic rings. The fraction of sp³-hybridized carbons (Fsp3) is 0. The van der Waals surface area contributed by atoms with Crippen LogP contribution in [-0.2, 0) is 0 Å². The number of phenolic OH excluding ortho intramolecular Hbond substituents is 1. The van der Waals surface area contributed by atoms with Crippen molar-refractivity contribution in [1.82, 2.24) is 14.6 Å². The molecule has 6 N–H and O–H groups in total. The topological polar surface area (TPSA) is 82.3 Å². The van der Waals surface area contributed by atoms with Gasteiger partial charge in [0.2, 0.25) is 0 Å². The third-order valence-electron chi connectivity index (χ3n) is 1.37. The molecule has 0 amide bonds. The molecule has 2 rings (SSSR count). The first-order chi connectivity index (χ1) is 7.20. The van der Waals surface area contributed by atoms with E-state index in [1.54, 1.807) is 24.3 Å². The number of nitrogen functional groups attached to an aromatic ring is 1. The predicted molar refractivity (Wildman–Crippen MR) is 71.3 cm³/mol. The van der Waals surface area contributed by atoms with Crippen LogP contribution in [-0.4, -0.2) is 5.11 Å². The quantitative estimate of drug-likeness (QED) is 0.287. The van der Waals surface area contributed by atoms with Crippen LogP contribution in [0.2, 0.25) is 0 Å². The lowest BCUT2D eigenvalue weighted by Gasteiger charge is -2.18. The molecule has 1 heterocycles. The number of hydrogen-bond acceptors (Lipinski definition) is 5. The van der Waals surface area contributed by atoms with E-state index in [1.165, 1.54) is 0 Å². The summed E-state index contributed by atoms with van der Waals surface area (Å²) >= 11 is 5.63. The Hall–Kier alpha value is 0.280. The van der Waals surface area contributed by atoms with Gasteiger partial charge in [-0.2, -0.15) is 0 Å². The number of benzene rings is 1. The van der Waals surface area contributed by atoms with Crippen LogP contribution >= 0.6 is 36.6 Å². The van der Waals surface area contributed by atoms with Gasteiger partial charge in [-0.1, -0.05) is 23.4 Å². The van der Waals surface area contributed by atoms with Crippen molar-refractivity contribution < 1.29 is 5.11 Å². The van der Waals surface area contributed by atoms with Crippen molar-refractivity contribution in [1.29, 1.82) is 0 Å². The lowest BCUT2D eigenvalue weighted by Crippen LogP contribution is -2.11. The molecule has 1 aromatic carbocycles. The molecular weight excluding hydrogens is 272 g/mol. The SMILES string of the molecule is ClP1NPNPN1.Nc1ccccc1O. The molecule has 0 spiro atoms. The zero-order chi connectivity index (χ0) is 11.1. The Labute approximate surface area is 98.0 Å². The molecule has 1 aliphatic rings. The van der Waals surface area contributed by atoms with Crippen LogP contribution in [0.1, 0.15) is 0 Å². The second-order valence-electron chi connectivity index (χ2n) is 2.44. The van der Waals surface area contributed by atoms with Crippen molar-refractivity contribution in [2.24, 2.45) is 0 Å². The smallest absolute Gasteiger partial charge is 0.143 e. The van der Waals surface area contributed by atoms with E-state index < -0.39 is 7.58 Å². The number of anilines is 1. The minimum absolute atomic E-state index is 0.146. The Kier molecular flexibility index (Phi) is 6.71. The second-order valence-corrected chi connectivity index (χ2v) is 7.30. The Morgan fingerprint density at radius 1 is 1.27 bits per heavy atom. The number of para-hydroxylation sites is 2. The first kappa shape index (κ1) is 13.3. The highest BCUT2D eigenvalue weighted by Gasteiger charge is 2.05. The van der Waals surface area contributed by atoms with Crippen LogP contribution in [0.5, 0.6) is 5.75 Å². The molecule has 84 valence electrons. The summed E-state index contributed by atoms with van der Waals surface area (Å²) in [6, 6.07) is 6.70. The highest BCUT2D eigenvalue weighted by atomic mass is 35.7. The van der Waals surface area contributed by atoms with E-state index in [2.05, 4.69) is 14.6 Å². The summed E-state index contributed by atoms with van der Waals surface area (Å²) in [5.74, 6) is 0.146. The molecule has 1 aliphatic heterocycles. The predicted octanol–water partition coefficient (Wildman–Crippen LogP) is 2.23. The van der Waals surface area contributed by atoms with Crippen LogP contribution in [0.3, 0.4) is 0 Å². The summed E-state index contributed by atoms with van der Waals surface area (Å²) in [5.41, 5.74) is 5.69. The molecule has 9 heteroatoms. The number of phenols is 1. The van der Waals surface area contributed by atoms with Gasteiger partial charge < -0.3 is 10.8 Å². The lowest BCUT2D eigenvalue weighted by atomic mass is 10.3. The summed E-state index contributed by atoms with van der Waals surface area (Å²) in [6.07, 6.45) is 0. The van der Waals surface area contributed by atoms with Crippen molar-refractivity contribution >= 4 is 42.3 Å². The summed E-state index contributed by atoms with van der Waals surface area (Å²) in [6.45, 7) is 0. The van der Waals surface area contributed by atoms with Crippen LogP contribution in [0.15, 0.2) is 24.3 Å². The summed E-state index contributed by atoms with van der Waals surface area (Å²) in [7, 11) is 0.700. The van der Waals surface area contributed by atoms with Gasteiger partial charge in [0.25, 0.3) is 0 Å². The highest BCUT2D eigenvalue weighted by molar-refractivity contribution is 7.90. The Morgan fingerprint density at radius 3 is 2.20 bits per heavy atom. The molecule has 0 saturated carbocycles. The molecule has 0 bridgehead atoms. The van der Waals surface area contributed by atoms with Crippen molar-refractivity contribution in [2.45, 2.75) is 0 Å². The lowest BCUT2D eigenvalue weighted by molar-refractivity contribution is 0.478. The Bertz CT molecular complexity index is 278. The van der Waals surface area contributed by atoms with Gasteiger partial charge in [-0.05, 0) is 12.1 Å². The third-order valence-corrected chi connectivity index (χ3v) is 6.36. The van der Waals surface area contributed by atoms with E-state index in [0.29, 0.717) is 23.5 Å². The molecular formula is C6H12ClN4OP3. The van der Waals surface area contributed by atoms with Crippen LogP contribution in [0.25, 0.3) is 0 Å². The number of nitrogens with one attached hydrogen (secondary N) is 3. The first-order valence-electron chi connectivity index (χ1n) is 3.96. The molecule has 2 unspecified atom stereocenters. The fourth-order valence-corrected chi connectivity index (χ4v) is 4.68. The molecule has 2 atom stereocenters. The van der Waals surface area contributed by atoms with E-state index >= 15 is 0 Å². The Morgan fingerprint density at radius 2 is 1.87 bits per heavy atom. The number of halogens is 1. The largest absolute Gasteiger partial charge is 0.506 e. The number of hydrogen-bond donors (Lipinski definition) is 5. The van der Waals surface area contributed by atoms with Gasteiger partial charge >= 0.3 is 0 Å². The van der Waals surface area contributed by atoms with Gasteiger partial charge in [0, 0.05) is 17.8 Å². The maximum absolute atomic E-state index is 8.79. The monoisotopic (exact) mass is 284 g/mol. The fourth-order valence-electron chi connectivity index (χ4n) is 0.701. The third kappa shape index (κ3) is 5.79. The number of aromatic hydroxyl groups is 1. The van der Waals surface area contributed by atoms with E-state index in [9.17, 15) is 0 Å². The van der Waals surface area contributed by atoms with E-state index in [0.717, 1.165) is 0 Å². The highest BCUT2D eigenvalue weighted by Crippen LogP contribution is 2.42. The molecule has 1 fully saturated rings. The van der Waals surface area contributed by atoms with Gasteiger partial charge in [-0.15, -0.1) is 0 Å². The van der Waals surface area contributed by atoms with Gasteiger partial charge in [-0.25, -0.2) is 9.72 Å². The summed E-state index contributed by atoms with van der Waals surface area (Å²) < 4.78 is 0. The van der Waals surface area contributed by atoms with Gasteiger partial charge in [-0.3, -0.25) is 4.86 Å². The molecule has 0 radical (unpaired) electrons. The molecule has 15 heavy (non-hydrogen) atoms. The first-order valence-corrected chi connectivity index (χ1v) is 8.20. The van der Waals surface area contributed by atoms with Gasteiger partial charge in [0.15, 0.2) is 0 Å². The zero-order valence-corrected chi connectivity index (χ0v) is 11.3. The standard InChI is InChI=1S/C6H7NO.ClH5N3P3/c7-5-3-1-2-4-6(5)8;1-7-3-5-2-6-4-7/h1-4,8H,7H2;2-6H. The summed E-state index contributed by atoms with van der Waals surface area (Å²) in [4.78, 5) is 9.13. The normalized spacial score (nSPS) is 23.4. The van der Waals surface area contributed by atoms with E-state index in [4.69, 9.17) is 22.1 Å².